The highest BCUT2D eigenvalue weighted by molar-refractivity contribution is 7.15. The van der Waals surface area contributed by atoms with Crippen molar-refractivity contribution in [3.05, 3.63) is 45.3 Å². The van der Waals surface area contributed by atoms with Crippen molar-refractivity contribution >= 4 is 17.0 Å². The molecule has 0 radical (unpaired) electrons. The predicted molar refractivity (Wildman–Crippen MR) is 58.9 cm³/mol. The normalized spacial score (nSPS) is 10.4. The number of thiazole rings is 1. The molecule has 0 aliphatic heterocycles. The first kappa shape index (κ1) is 10.7. The van der Waals surface area contributed by atoms with Gasteiger partial charge in [0.1, 0.15) is 5.82 Å². The van der Waals surface area contributed by atoms with Crippen molar-refractivity contribution in [3.63, 3.8) is 0 Å². The molecule has 0 atom stereocenters. The fourth-order valence-electron chi connectivity index (χ4n) is 1.30. The molecule has 0 saturated carbocycles. The van der Waals surface area contributed by atoms with Crippen LogP contribution in [0.2, 0.25) is 0 Å². The average Bonchev–Trinajstić information content (AvgIpc) is 2.65. The van der Waals surface area contributed by atoms with Crippen LogP contribution in [0.1, 0.15) is 5.01 Å². The predicted octanol–water partition coefficient (Wildman–Crippen LogP) is 3.17. The molecule has 16 heavy (non-hydrogen) atoms. The number of aromatic nitrogens is 1. The van der Waals surface area contributed by atoms with E-state index in [2.05, 4.69) is 4.98 Å². The summed E-state index contributed by atoms with van der Waals surface area (Å²) in [5.74, 6) is -0.478. The van der Waals surface area contributed by atoms with Crippen molar-refractivity contribution < 1.29 is 9.31 Å². The highest BCUT2D eigenvalue weighted by atomic mass is 32.1. The van der Waals surface area contributed by atoms with Gasteiger partial charge in [0.15, 0.2) is 0 Å². The number of aryl methyl sites for hydroxylation is 1. The van der Waals surface area contributed by atoms with E-state index >= 15 is 0 Å². The zero-order valence-electron chi connectivity index (χ0n) is 8.31. The Bertz CT molecular complexity index is 554. The molecule has 6 heteroatoms. The number of nitro benzene ring substituents is 1. The van der Waals surface area contributed by atoms with Crippen LogP contribution in [0.5, 0.6) is 0 Å². The molecule has 0 unspecified atom stereocenters. The van der Waals surface area contributed by atoms with Crippen LogP contribution in [-0.2, 0) is 0 Å². The molecule has 4 nitrogen and oxygen atoms in total. The number of halogens is 1. The number of hydrogen-bond donors (Lipinski definition) is 0. The Kier molecular flexibility index (Phi) is 2.66. The van der Waals surface area contributed by atoms with E-state index in [9.17, 15) is 14.5 Å². The molecule has 0 saturated heterocycles. The Morgan fingerprint density at radius 3 is 2.81 bits per heavy atom. The molecule has 2 rings (SSSR count). The third kappa shape index (κ3) is 1.92. The standard InChI is InChI=1S/C10H7FN2O2S/c1-6-12-5-10(16-6)8-4-7(13(14)15)2-3-9(8)11/h2-5H,1H3. The summed E-state index contributed by atoms with van der Waals surface area (Å²) < 4.78 is 13.5. The first-order chi connectivity index (χ1) is 7.58. The molecular weight excluding hydrogens is 231 g/mol. The van der Waals surface area contributed by atoms with Crippen molar-refractivity contribution in [2.75, 3.05) is 0 Å². The van der Waals surface area contributed by atoms with Crippen LogP contribution in [0, 0.1) is 22.9 Å². The highest BCUT2D eigenvalue weighted by Gasteiger charge is 2.13. The lowest BCUT2D eigenvalue weighted by atomic mass is 10.1. The Labute approximate surface area is 94.5 Å². The fourth-order valence-corrected chi connectivity index (χ4v) is 2.10. The molecular formula is C10H7FN2O2S. The number of rotatable bonds is 2. The van der Waals surface area contributed by atoms with Crippen LogP contribution in [0.3, 0.4) is 0 Å². The third-order valence-electron chi connectivity index (χ3n) is 2.05. The maximum atomic E-state index is 13.5. The van der Waals surface area contributed by atoms with Gasteiger partial charge < -0.3 is 0 Å². The van der Waals surface area contributed by atoms with Crippen molar-refractivity contribution in [1.29, 1.82) is 0 Å². The van der Waals surface area contributed by atoms with Crippen LogP contribution in [0.4, 0.5) is 10.1 Å². The molecule has 0 aliphatic rings. The second kappa shape index (κ2) is 3.97. The van der Waals surface area contributed by atoms with Crippen LogP contribution in [-0.4, -0.2) is 9.91 Å². The molecule has 0 N–H and O–H groups in total. The highest BCUT2D eigenvalue weighted by Crippen LogP contribution is 2.30. The molecule has 0 bridgehead atoms. The minimum absolute atomic E-state index is 0.123. The Morgan fingerprint density at radius 1 is 1.50 bits per heavy atom. The van der Waals surface area contributed by atoms with Gasteiger partial charge in [-0.25, -0.2) is 9.37 Å². The van der Waals surface area contributed by atoms with E-state index in [1.807, 2.05) is 0 Å². The quantitative estimate of drug-likeness (QED) is 0.596. The summed E-state index contributed by atoms with van der Waals surface area (Å²) in [6.07, 6.45) is 1.52. The summed E-state index contributed by atoms with van der Waals surface area (Å²) in [5, 5.41) is 11.4. The lowest BCUT2D eigenvalue weighted by Gasteiger charge is -1.99. The van der Waals surface area contributed by atoms with Gasteiger partial charge in [0.2, 0.25) is 0 Å². The maximum absolute atomic E-state index is 13.5. The van der Waals surface area contributed by atoms with Gasteiger partial charge in [-0.3, -0.25) is 10.1 Å². The number of non-ortho nitro benzene ring substituents is 1. The number of nitro groups is 1. The largest absolute Gasteiger partial charge is 0.270 e. The molecule has 0 fully saturated rings. The van der Waals surface area contributed by atoms with E-state index in [0.717, 1.165) is 17.1 Å². The van der Waals surface area contributed by atoms with Gasteiger partial charge in [-0.1, -0.05) is 0 Å². The third-order valence-corrected chi connectivity index (χ3v) is 2.99. The van der Waals surface area contributed by atoms with Gasteiger partial charge in [-0.05, 0) is 13.0 Å². The molecule has 2 aromatic rings. The van der Waals surface area contributed by atoms with Crippen molar-refractivity contribution in [3.8, 4) is 10.4 Å². The molecule has 0 aliphatic carbocycles. The summed E-state index contributed by atoms with van der Waals surface area (Å²) in [7, 11) is 0. The Hall–Kier alpha value is -1.82. The topological polar surface area (TPSA) is 56.0 Å². The molecule has 82 valence electrons. The molecule has 1 heterocycles. The molecule has 0 spiro atoms. The van der Waals surface area contributed by atoms with E-state index in [1.165, 1.54) is 23.6 Å². The first-order valence-electron chi connectivity index (χ1n) is 4.44. The van der Waals surface area contributed by atoms with Crippen LogP contribution < -0.4 is 0 Å². The van der Waals surface area contributed by atoms with Crippen LogP contribution in [0.15, 0.2) is 24.4 Å². The van der Waals surface area contributed by atoms with Crippen molar-refractivity contribution in [2.24, 2.45) is 0 Å². The minimum atomic E-state index is -0.545. The summed E-state index contributed by atoms with van der Waals surface area (Å²) in [6.45, 7) is 1.80. The zero-order valence-corrected chi connectivity index (χ0v) is 9.12. The van der Waals surface area contributed by atoms with E-state index in [1.54, 1.807) is 6.92 Å². The van der Waals surface area contributed by atoms with Gasteiger partial charge in [0.25, 0.3) is 5.69 Å². The monoisotopic (exact) mass is 238 g/mol. The van der Waals surface area contributed by atoms with E-state index in [-0.39, 0.29) is 11.3 Å². The van der Waals surface area contributed by atoms with Crippen LogP contribution in [0.25, 0.3) is 10.4 Å². The lowest BCUT2D eigenvalue weighted by molar-refractivity contribution is -0.384. The summed E-state index contributed by atoms with van der Waals surface area (Å²) in [5.41, 5.74) is 0.0993. The minimum Gasteiger partial charge on any atom is -0.258 e. The average molecular weight is 238 g/mol. The second-order valence-electron chi connectivity index (χ2n) is 3.16. The molecule has 0 amide bonds. The van der Waals surface area contributed by atoms with E-state index in [4.69, 9.17) is 0 Å². The summed E-state index contributed by atoms with van der Waals surface area (Å²) in [6, 6.07) is 3.47. The summed E-state index contributed by atoms with van der Waals surface area (Å²) in [4.78, 5) is 14.6. The molecule has 1 aromatic heterocycles. The first-order valence-corrected chi connectivity index (χ1v) is 5.26. The number of hydrogen-bond acceptors (Lipinski definition) is 4. The van der Waals surface area contributed by atoms with Crippen molar-refractivity contribution in [2.45, 2.75) is 6.92 Å². The van der Waals surface area contributed by atoms with E-state index < -0.39 is 10.7 Å². The SMILES string of the molecule is Cc1ncc(-c2cc([N+](=O)[O-])ccc2F)s1. The van der Waals surface area contributed by atoms with Gasteiger partial charge >= 0.3 is 0 Å². The smallest absolute Gasteiger partial charge is 0.258 e. The molecule has 1 aromatic carbocycles. The van der Waals surface area contributed by atoms with Gasteiger partial charge in [-0.2, -0.15) is 0 Å². The fraction of sp³-hybridized carbons (Fsp3) is 0.100. The van der Waals surface area contributed by atoms with Gasteiger partial charge in [0.05, 0.1) is 14.8 Å². The van der Waals surface area contributed by atoms with Crippen molar-refractivity contribution in [1.82, 2.24) is 4.98 Å². The second-order valence-corrected chi connectivity index (χ2v) is 4.40. The Morgan fingerprint density at radius 2 is 2.25 bits per heavy atom. The van der Waals surface area contributed by atoms with E-state index in [0.29, 0.717) is 4.88 Å². The number of nitrogens with zero attached hydrogens (tertiary/aromatic N) is 2. The Balaban J connectivity index is 2.55. The number of benzene rings is 1. The zero-order chi connectivity index (χ0) is 11.7. The lowest BCUT2D eigenvalue weighted by Crippen LogP contribution is -1.90. The van der Waals surface area contributed by atoms with Crippen LogP contribution >= 0.6 is 11.3 Å². The van der Waals surface area contributed by atoms with Gasteiger partial charge in [-0.15, -0.1) is 11.3 Å². The van der Waals surface area contributed by atoms with Gasteiger partial charge in [0, 0.05) is 23.9 Å². The summed E-state index contributed by atoms with van der Waals surface area (Å²) >= 11 is 1.30. The maximum Gasteiger partial charge on any atom is 0.270 e.